The van der Waals surface area contributed by atoms with E-state index in [-0.39, 0.29) is 18.0 Å². The highest BCUT2D eigenvalue weighted by Gasteiger charge is 2.23. The molecule has 2 aromatic rings. The van der Waals surface area contributed by atoms with Crippen LogP contribution < -0.4 is 15.4 Å². The number of hydrogen-bond donors (Lipinski definition) is 2. The molecule has 2 aromatic carbocycles. The van der Waals surface area contributed by atoms with Crippen LogP contribution in [0.15, 0.2) is 54.6 Å². The van der Waals surface area contributed by atoms with Crippen LogP contribution in [0.2, 0.25) is 0 Å². The Kier molecular flexibility index (Phi) is 7.50. The summed E-state index contributed by atoms with van der Waals surface area (Å²) in [7, 11) is 0. The molecule has 0 spiro atoms. The van der Waals surface area contributed by atoms with Crippen LogP contribution in [0.4, 0.5) is 10.5 Å². The number of nitrogens with one attached hydrogen (secondary N) is 2. The summed E-state index contributed by atoms with van der Waals surface area (Å²) in [6.07, 6.45) is 4.10. The Bertz CT molecular complexity index is 785. The highest BCUT2D eigenvalue weighted by molar-refractivity contribution is 5.89. The van der Waals surface area contributed by atoms with Gasteiger partial charge in [0, 0.05) is 31.2 Å². The molecule has 1 saturated heterocycles. The zero-order chi connectivity index (χ0) is 20.5. The third kappa shape index (κ3) is 6.52. The number of anilines is 1. The fraction of sp³-hybridized carbons (Fsp3) is 0.391. The van der Waals surface area contributed by atoms with E-state index in [4.69, 9.17) is 4.74 Å². The summed E-state index contributed by atoms with van der Waals surface area (Å²) in [6.45, 7) is 3.35. The minimum atomic E-state index is -0.113. The van der Waals surface area contributed by atoms with E-state index in [1.54, 1.807) is 4.90 Å². The van der Waals surface area contributed by atoms with Crippen molar-refractivity contribution in [3.05, 3.63) is 54.6 Å². The van der Waals surface area contributed by atoms with Gasteiger partial charge in [0.2, 0.25) is 5.91 Å². The van der Waals surface area contributed by atoms with Gasteiger partial charge in [-0.1, -0.05) is 31.5 Å². The topological polar surface area (TPSA) is 70.7 Å². The van der Waals surface area contributed by atoms with Crippen molar-refractivity contribution in [1.29, 1.82) is 0 Å². The highest BCUT2D eigenvalue weighted by Crippen LogP contribution is 2.23. The molecule has 2 N–H and O–H groups in total. The van der Waals surface area contributed by atoms with Gasteiger partial charge in [-0.15, -0.1) is 0 Å². The number of nitrogens with zero attached hydrogens (tertiary/aromatic N) is 1. The summed E-state index contributed by atoms with van der Waals surface area (Å²) in [5.74, 6) is 1.61. The van der Waals surface area contributed by atoms with Crippen molar-refractivity contribution in [2.75, 3.05) is 18.4 Å². The molecule has 1 aliphatic heterocycles. The molecule has 0 unspecified atom stereocenters. The number of benzene rings is 2. The van der Waals surface area contributed by atoms with Gasteiger partial charge in [0.15, 0.2) is 0 Å². The number of piperidine rings is 1. The molecule has 6 heteroatoms. The van der Waals surface area contributed by atoms with Crippen molar-refractivity contribution in [3.63, 3.8) is 0 Å². The maximum atomic E-state index is 12.5. The lowest BCUT2D eigenvalue weighted by atomic mass is 10.0. The lowest BCUT2D eigenvalue weighted by Crippen LogP contribution is -2.47. The molecule has 0 atom stereocenters. The molecular weight excluding hydrogens is 366 g/mol. The molecule has 0 saturated carbocycles. The second-order valence-corrected chi connectivity index (χ2v) is 7.30. The molecule has 154 valence electrons. The largest absolute Gasteiger partial charge is 0.457 e. The molecule has 0 bridgehead atoms. The average molecular weight is 396 g/mol. The highest BCUT2D eigenvalue weighted by atomic mass is 16.5. The lowest BCUT2D eigenvalue weighted by molar-refractivity contribution is -0.122. The third-order valence-corrected chi connectivity index (χ3v) is 4.99. The van der Waals surface area contributed by atoms with Gasteiger partial charge in [0.05, 0.1) is 0 Å². The molecule has 29 heavy (non-hydrogen) atoms. The van der Waals surface area contributed by atoms with Crippen molar-refractivity contribution >= 4 is 17.6 Å². The molecule has 3 amide bonds. The summed E-state index contributed by atoms with van der Waals surface area (Å²) in [4.78, 5) is 26.2. The van der Waals surface area contributed by atoms with Gasteiger partial charge < -0.3 is 20.3 Å². The van der Waals surface area contributed by atoms with E-state index >= 15 is 0 Å². The summed E-state index contributed by atoms with van der Waals surface area (Å²) in [6, 6.07) is 16.9. The van der Waals surface area contributed by atoms with E-state index in [0.717, 1.165) is 37.1 Å². The maximum absolute atomic E-state index is 12.5. The normalized spacial score (nSPS) is 14.3. The number of carbonyl (C=O) groups excluding carboxylic acids is 2. The van der Waals surface area contributed by atoms with E-state index in [1.807, 2.05) is 54.6 Å². The van der Waals surface area contributed by atoms with E-state index in [2.05, 4.69) is 17.6 Å². The minimum absolute atomic E-state index is 0.113. The second kappa shape index (κ2) is 10.5. The first-order chi connectivity index (χ1) is 14.1. The smallest absolute Gasteiger partial charge is 0.321 e. The Morgan fingerprint density at radius 2 is 1.66 bits per heavy atom. The van der Waals surface area contributed by atoms with Crippen LogP contribution in [-0.2, 0) is 4.79 Å². The number of rotatable bonds is 7. The first-order valence-electron chi connectivity index (χ1n) is 10.3. The molecule has 0 aliphatic carbocycles. The standard InChI is InChI=1S/C23H29N3O3/c1-2-3-9-22(27)24-19-14-16-26(17-15-19)23(28)25-18-10-12-21(13-11-18)29-20-7-5-4-6-8-20/h4-8,10-13,19H,2-3,9,14-17H2,1H3,(H,24,27)(H,25,28). The van der Waals surface area contributed by atoms with Crippen LogP contribution >= 0.6 is 0 Å². The van der Waals surface area contributed by atoms with Crippen molar-refractivity contribution in [2.24, 2.45) is 0 Å². The summed E-state index contributed by atoms with van der Waals surface area (Å²) in [5.41, 5.74) is 0.727. The SMILES string of the molecule is CCCCC(=O)NC1CCN(C(=O)Nc2ccc(Oc3ccccc3)cc2)CC1. The Balaban J connectivity index is 1.43. The van der Waals surface area contributed by atoms with Crippen LogP contribution in [0.25, 0.3) is 0 Å². The van der Waals surface area contributed by atoms with Crippen LogP contribution in [-0.4, -0.2) is 36.0 Å². The van der Waals surface area contributed by atoms with Gasteiger partial charge in [0.25, 0.3) is 0 Å². The van der Waals surface area contributed by atoms with Crippen LogP contribution in [0, 0.1) is 0 Å². The Hall–Kier alpha value is -3.02. The average Bonchev–Trinajstić information content (AvgIpc) is 2.75. The Labute approximate surface area is 172 Å². The Morgan fingerprint density at radius 1 is 1.00 bits per heavy atom. The van der Waals surface area contributed by atoms with Crippen molar-refractivity contribution in [2.45, 2.75) is 45.1 Å². The number of ether oxygens (including phenoxy) is 1. The van der Waals surface area contributed by atoms with Gasteiger partial charge in [-0.25, -0.2) is 4.79 Å². The quantitative estimate of drug-likeness (QED) is 0.709. The number of hydrogen-bond acceptors (Lipinski definition) is 3. The van der Waals surface area contributed by atoms with E-state index in [1.165, 1.54) is 0 Å². The van der Waals surface area contributed by atoms with E-state index < -0.39 is 0 Å². The molecule has 3 rings (SSSR count). The second-order valence-electron chi connectivity index (χ2n) is 7.30. The predicted molar refractivity (Wildman–Crippen MR) is 114 cm³/mol. The van der Waals surface area contributed by atoms with Gasteiger partial charge in [0.1, 0.15) is 11.5 Å². The Morgan fingerprint density at radius 3 is 2.31 bits per heavy atom. The van der Waals surface area contributed by atoms with Crippen LogP contribution in [0.1, 0.15) is 39.0 Å². The van der Waals surface area contributed by atoms with Crippen LogP contribution in [0.3, 0.4) is 0 Å². The summed E-state index contributed by atoms with van der Waals surface area (Å²) in [5, 5.41) is 6.01. The fourth-order valence-electron chi connectivity index (χ4n) is 3.30. The van der Waals surface area contributed by atoms with Gasteiger partial charge in [-0.05, 0) is 55.7 Å². The van der Waals surface area contributed by atoms with Gasteiger partial charge in [-0.2, -0.15) is 0 Å². The number of unbranched alkanes of at least 4 members (excludes halogenated alkanes) is 1. The maximum Gasteiger partial charge on any atom is 0.321 e. The predicted octanol–water partition coefficient (Wildman–Crippen LogP) is 4.78. The first-order valence-corrected chi connectivity index (χ1v) is 10.3. The zero-order valence-corrected chi connectivity index (χ0v) is 16.9. The minimum Gasteiger partial charge on any atom is -0.457 e. The number of carbonyl (C=O) groups is 2. The summed E-state index contributed by atoms with van der Waals surface area (Å²) < 4.78 is 5.76. The number of para-hydroxylation sites is 1. The van der Waals surface area contributed by atoms with Crippen molar-refractivity contribution < 1.29 is 14.3 Å². The molecule has 1 fully saturated rings. The lowest BCUT2D eigenvalue weighted by Gasteiger charge is -2.32. The van der Waals surface area contributed by atoms with Gasteiger partial charge in [-0.3, -0.25) is 4.79 Å². The molecule has 0 radical (unpaired) electrons. The zero-order valence-electron chi connectivity index (χ0n) is 16.9. The number of likely N-dealkylation sites (tertiary alicyclic amines) is 1. The molecule has 6 nitrogen and oxygen atoms in total. The third-order valence-electron chi connectivity index (χ3n) is 4.99. The molecular formula is C23H29N3O3. The molecule has 1 aliphatic rings. The van der Waals surface area contributed by atoms with Gasteiger partial charge >= 0.3 is 6.03 Å². The van der Waals surface area contributed by atoms with Crippen LogP contribution in [0.5, 0.6) is 11.5 Å². The number of urea groups is 1. The van der Waals surface area contributed by atoms with Crippen molar-refractivity contribution in [3.8, 4) is 11.5 Å². The van der Waals surface area contributed by atoms with E-state index in [0.29, 0.717) is 25.3 Å². The fourth-order valence-corrected chi connectivity index (χ4v) is 3.30. The van der Waals surface area contributed by atoms with Crippen molar-refractivity contribution in [1.82, 2.24) is 10.2 Å². The molecule has 0 aromatic heterocycles. The summed E-state index contributed by atoms with van der Waals surface area (Å²) >= 11 is 0. The molecule has 1 heterocycles. The van der Waals surface area contributed by atoms with E-state index in [9.17, 15) is 9.59 Å². The monoisotopic (exact) mass is 395 g/mol. The first kappa shape index (κ1) is 20.7. The number of amides is 3.